The maximum absolute atomic E-state index is 14.2. The normalized spacial score (nSPS) is 14.4. The molecule has 10 heteroatoms. The van der Waals surface area contributed by atoms with Gasteiger partial charge in [0.25, 0.3) is 5.56 Å². The van der Waals surface area contributed by atoms with Crippen molar-refractivity contribution < 1.29 is 19.0 Å². The topological polar surface area (TPSA) is 79.1 Å². The summed E-state index contributed by atoms with van der Waals surface area (Å²) < 4.78 is 21.1. The third-order valence-corrected chi connectivity index (χ3v) is 9.94. The van der Waals surface area contributed by atoms with Crippen LogP contribution in [0.4, 0.5) is 0 Å². The van der Waals surface area contributed by atoms with Gasteiger partial charge < -0.3 is 14.2 Å². The fraction of sp³-hybridized carbons (Fsp3) is 0.139. The summed E-state index contributed by atoms with van der Waals surface area (Å²) in [4.78, 5) is 33.3. The molecule has 0 aliphatic carbocycles. The van der Waals surface area contributed by atoms with Gasteiger partial charge in [0.2, 0.25) is 0 Å². The van der Waals surface area contributed by atoms with Gasteiger partial charge in [0.15, 0.2) is 4.80 Å². The highest BCUT2D eigenvalue weighted by atomic mass is 127. The van der Waals surface area contributed by atoms with Crippen molar-refractivity contribution in [3.05, 3.63) is 152 Å². The zero-order chi connectivity index (χ0) is 32.2. The van der Waals surface area contributed by atoms with Gasteiger partial charge in [-0.1, -0.05) is 84.1 Å². The molecule has 4 aromatic carbocycles. The molecule has 5 aromatic rings. The molecular weight excluding hydrogens is 826 g/mol. The Bertz CT molecular complexity index is 2090. The van der Waals surface area contributed by atoms with Crippen LogP contribution in [0, 0.1) is 7.14 Å². The first-order valence-corrected chi connectivity index (χ1v) is 17.4. The SMILES string of the molecule is CCOC(=O)C1=C(c2ccccc2)N=c2s/c(=C\c3cc(I)c(OCc4ccccc4)c(I)c3)c(=O)n2C1c1ccc(OC)cc1. The van der Waals surface area contributed by atoms with Crippen molar-refractivity contribution in [1.82, 2.24) is 4.57 Å². The number of esters is 1. The van der Waals surface area contributed by atoms with Gasteiger partial charge in [-0.2, -0.15) is 0 Å². The minimum Gasteiger partial charge on any atom is -0.497 e. The lowest BCUT2D eigenvalue weighted by Crippen LogP contribution is -2.40. The van der Waals surface area contributed by atoms with Crippen LogP contribution in [-0.2, 0) is 16.1 Å². The number of carbonyl (C=O) groups is 1. The van der Waals surface area contributed by atoms with E-state index in [0.717, 1.165) is 35.1 Å². The summed E-state index contributed by atoms with van der Waals surface area (Å²) >= 11 is 5.83. The van der Waals surface area contributed by atoms with Crippen LogP contribution in [0.1, 0.15) is 35.2 Å². The van der Waals surface area contributed by atoms with E-state index >= 15 is 0 Å². The molecule has 232 valence electrons. The molecule has 0 spiro atoms. The summed E-state index contributed by atoms with van der Waals surface area (Å²) in [6.45, 7) is 2.41. The fourth-order valence-electron chi connectivity index (χ4n) is 5.22. The number of methoxy groups -OCH3 is 1. The van der Waals surface area contributed by atoms with E-state index in [9.17, 15) is 9.59 Å². The number of hydrogen-bond acceptors (Lipinski definition) is 7. The first-order valence-electron chi connectivity index (χ1n) is 14.5. The smallest absolute Gasteiger partial charge is 0.338 e. The Morgan fingerprint density at radius 2 is 1.61 bits per heavy atom. The highest BCUT2D eigenvalue weighted by Crippen LogP contribution is 2.36. The zero-order valence-electron chi connectivity index (χ0n) is 24.9. The summed E-state index contributed by atoms with van der Waals surface area (Å²) in [5.74, 6) is 0.951. The average Bonchev–Trinajstić information content (AvgIpc) is 3.38. The molecule has 0 amide bonds. The minimum absolute atomic E-state index is 0.187. The first kappa shape index (κ1) is 32.2. The highest BCUT2D eigenvalue weighted by molar-refractivity contribution is 14.1. The van der Waals surface area contributed by atoms with E-state index < -0.39 is 12.0 Å². The average molecular weight is 855 g/mol. The molecule has 2 heterocycles. The van der Waals surface area contributed by atoms with Crippen LogP contribution in [0.25, 0.3) is 11.8 Å². The van der Waals surface area contributed by atoms with Crippen LogP contribution in [0.3, 0.4) is 0 Å². The van der Waals surface area contributed by atoms with Gasteiger partial charge in [-0.05, 0) is 99.1 Å². The maximum atomic E-state index is 14.2. The first-order chi connectivity index (χ1) is 22.4. The van der Waals surface area contributed by atoms with E-state index in [0.29, 0.717) is 33.0 Å². The van der Waals surface area contributed by atoms with E-state index in [1.165, 1.54) is 11.3 Å². The number of ether oxygens (including phenoxy) is 3. The predicted octanol–water partition coefficient (Wildman–Crippen LogP) is 6.73. The van der Waals surface area contributed by atoms with Crippen molar-refractivity contribution in [3.8, 4) is 11.5 Å². The molecule has 0 bridgehead atoms. The summed E-state index contributed by atoms with van der Waals surface area (Å²) in [6, 6.07) is 30.2. The second-order valence-electron chi connectivity index (χ2n) is 10.3. The molecule has 6 rings (SSSR count). The maximum Gasteiger partial charge on any atom is 0.338 e. The molecule has 1 atom stereocenters. The number of rotatable bonds is 9. The van der Waals surface area contributed by atoms with Crippen LogP contribution in [0.15, 0.2) is 112 Å². The monoisotopic (exact) mass is 854 g/mol. The zero-order valence-corrected chi connectivity index (χ0v) is 30.0. The van der Waals surface area contributed by atoms with Crippen LogP contribution in [0.5, 0.6) is 11.5 Å². The number of hydrogen-bond donors (Lipinski definition) is 0. The standard InChI is InChI=1S/C36H28I2N2O5S/c1-3-44-35(42)30-31(24-12-8-5-9-13-24)39-36-40(32(30)25-14-16-26(43-2)17-15-25)34(41)29(46-36)20-23-18-27(37)33(28(38)19-23)45-21-22-10-6-4-7-11-22/h4-20,32H,3,21H2,1-2H3/b29-20-. The summed E-state index contributed by atoms with van der Waals surface area (Å²) in [5, 5.41) is 0. The van der Waals surface area contributed by atoms with Crippen molar-refractivity contribution in [1.29, 1.82) is 0 Å². The number of fused-ring (bicyclic) bond motifs is 1. The second kappa shape index (κ2) is 14.3. The lowest BCUT2D eigenvalue weighted by molar-refractivity contribution is -0.138. The molecule has 0 fully saturated rings. The Kier molecular flexibility index (Phi) is 10.0. The summed E-state index contributed by atoms with van der Waals surface area (Å²) in [7, 11) is 1.60. The highest BCUT2D eigenvalue weighted by Gasteiger charge is 2.35. The third-order valence-electron chi connectivity index (χ3n) is 7.35. The van der Waals surface area contributed by atoms with Gasteiger partial charge in [-0.25, -0.2) is 9.79 Å². The van der Waals surface area contributed by atoms with Gasteiger partial charge in [-0.3, -0.25) is 9.36 Å². The lowest BCUT2D eigenvalue weighted by atomic mass is 9.93. The Balaban J connectivity index is 1.49. The predicted molar refractivity (Wildman–Crippen MR) is 197 cm³/mol. The van der Waals surface area contributed by atoms with Gasteiger partial charge in [0, 0.05) is 5.56 Å². The number of benzene rings is 4. The van der Waals surface area contributed by atoms with Gasteiger partial charge in [-0.15, -0.1) is 0 Å². The van der Waals surface area contributed by atoms with E-state index in [1.807, 2.05) is 103 Å². The number of thiazole rings is 1. The van der Waals surface area contributed by atoms with Crippen LogP contribution in [-0.4, -0.2) is 24.3 Å². The van der Waals surface area contributed by atoms with Gasteiger partial charge >= 0.3 is 5.97 Å². The molecule has 0 radical (unpaired) electrons. The lowest BCUT2D eigenvalue weighted by Gasteiger charge is -2.26. The van der Waals surface area contributed by atoms with Crippen molar-refractivity contribution in [2.45, 2.75) is 19.6 Å². The summed E-state index contributed by atoms with van der Waals surface area (Å²) in [6.07, 6.45) is 1.87. The Hall–Kier alpha value is -3.75. The minimum atomic E-state index is -0.757. The number of halogens is 2. The largest absolute Gasteiger partial charge is 0.497 e. The number of carbonyl (C=O) groups excluding carboxylic acids is 1. The molecule has 46 heavy (non-hydrogen) atoms. The van der Waals surface area contributed by atoms with Gasteiger partial charge in [0.1, 0.15) is 18.1 Å². The third kappa shape index (κ3) is 6.69. The Morgan fingerprint density at radius 3 is 2.24 bits per heavy atom. The molecule has 0 saturated carbocycles. The van der Waals surface area contributed by atoms with Gasteiger partial charge in [0.05, 0.1) is 42.7 Å². The Labute approximate surface area is 297 Å². The van der Waals surface area contributed by atoms with Crippen LogP contribution < -0.4 is 24.4 Å². The molecule has 7 nitrogen and oxygen atoms in total. The Morgan fingerprint density at radius 1 is 0.957 bits per heavy atom. The summed E-state index contributed by atoms with van der Waals surface area (Å²) in [5.41, 5.74) is 3.99. The van der Waals surface area contributed by atoms with Crippen molar-refractivity contribution >= 4 is 74.3 Å². The molecule has 1 aliphatic heterocycles. The van der Waals surface area contributed by atoms with E-state index in [2.05, 4.69) is 45.2 Å². The molecule has 1 aliphatic rings. The molecule has 0 saturated heterocycles. The van der Waals surface area contributed by atoms with Crippen LogP contribution >= 0.6 is 56.5 Å². The van der Waals surface area contributed by atoms with Crippen LogP contribution in [0.2, 0.25) is 0 Å². The second-order valence-corrected chi connectivity index (χ2v) is 13.6. The fourth-order valence-corrected chi connectivity index (χ4v) is 8.35. The molecule has 0 N–H and O–H groups in total. The molecule has 1 unspecified atom stereocenters. The molecular formula is C36H28I2N2O5S. The van der Waals surface area contributed by atoms with E-state index in [4.69, 9.17) is 19.2 Å². The van der Waals surface area contributed by atoms with E-state index in [-0.39, 0.29) is 12.2 Å². The van der Waals surface area contributed by atoms with Crippen molar-refractivity contribution in [3.63, 3.8) is 0 Å². The quantitative estimate of drug-likeness (QED) is 0.122. The van der Waals surface area contributed by atoms with E-state index in [1.54, 1.807) is 18.6 Å². The van der Waals surface area contributed by atoms with Crippen molar-refractivity contribution in [2.75, 3.05) is 13.7 Å². The number of nitrogens with zero attached hydrogens (tertiary/aromatic N) is 2. The van der Waals surface area contributed by atoms with Crippen molar-refractivity contribution in [2.24, 2.45) is 4.99 Å². The number of aromatic nitrogens is 1. The molecule has 1 aromatic heterocycles.